The summed E-state index contributed by atoms with van der Waals surface area (Å²) >= 11 is 5.14. The summed E-state index contributed by atoms with van der Waals surface area (Å²) in [6.07, 6.45) is -1.26. The molecule has 0 saturated carbocycles. The molecule has 0 aromatic heterocycles. The third-order valence-corrected chi connectivity index (χ3v) is 3.97. The van der Waals surface area contributed by atoms with Crippen molar-refractivity contribution in [2.45, 2.75) is 31.8 Å². The molecule has 0 amide bonds. The van der Waals surface area contributed by atoms with E-state index in [-0.39, 0.29) is 16.4 Å². The molecule has 2 atom stereocenters. The van der Waals surface area contributed by atoms with Gasteiger partial charge in [0.2, 0.25) is 0 Å². The largest absolute Gasteiger partial charge is 0.479 e. The van der Waals surface area contributed by atoms with Gasteiger partial charge < -0.3 is 19.3 Å². The third kappa shape index (κ3) is 3.01. The molecule has 0 aromatic carbocycles. The zero-order valence-corrected chi connectivity index (χ0v) is 12.1. The van der Waals surface area contributed by atoms with Gasteiger partial charge in [0, 0.05) is 25.4 Å². The van der Waals surface area contributed by atoms with Crippen LogP contribution in [0.3, 0.4) is 0 Å². The molecule has 0 unspecified atom stereocenters. The van der Waals surface area contributed by atoms with Crippen LogP contribution in [0.15, 0.2) is 10.7 Å². The lowest BCUT2D eigenvalue weighted by atomic mass is 10.2. The number of carbonyl (C=O) groups excluding carboxylic acids is 2. The second-order valence-electron chi connectivity index (χ2n) is 4.56. The van der Waals surface area contributed by atoms with E-state index in [0.717, 1.165) is 0 Å². The highest BCUT2D eigenvalue weighted by Gasteiger charge is 2.43. The van der Waals surface area contributed by atoms with Gasteiger partial charge >= 0.3 is 11.9 Å². The maximum Gasteiger partial charge on any atom is 0.353 e. The van der Waals surface area contributed by atoms with E-state index >= 15 is 0 Å². The second-order valence-corrected chi connectivity index (χ2v) is 5.92. The molecule has 0 spiro atoms. The smallest absolute Gasteiger partial charge is 0.353 e. The van der Waals surface area contributed by atoms with Crippen molar-refractivity contribution in [1.82, 2.24) is 0 Å². The number of rotatable bonds is 2. The zero-order valence-electron chi connectivity index (χ0n) is 10.4. The summed E-state index contributed by atoms with van der Waals surface area (Å²) < 4.78 is 15.4. The van der Waals surface area contributed by atoms with Crippen molar-refractivity contribution in [2.75, 3.05) is 11.5 Å². The van der Waals surface area contributed by atoms with Crippen LogP contribution >= 0.6 is 24.4 Å². The lowest BCUT2D eigenvalue weighted by Crippen LogP contribution is -2.42. The molecule has 6 nitrogen and oxygen atoms in total. The van der Waals surface area contributed by atoms with E-state index in [1.807, 2.05) is 0 Å². The molecule has 2 aliphatic heterocycles. The summed E-state index contributed by atoms with van der Waals surface area (Å²) in [6.45, 7) is 2.95. The number of cyclic esters (lactones) is 2. The van der Waals surface area contributed by atoms with Gasteiger partial charge in [0.05, 0.1) is 0 Å². The van der Waals surface area contributed by atoms with Crippen molar-refractivity contribution in [3.8, 4) is 0 Å². The molecule has 2 heterocycles. The number of aliphatic hydroxyl groups is 1. The van der Waals surface area contributed by atoms with Crippen molar-refractivity contribution in [2.24, 2.45) is 0 Å². The van der Waals surface area contributed by atoms with E-state index in [9.17, 15) is 14.7 Å². The Hall–Kier alpha value is -0.860. The first-order chi connectivity index (χ1) is 8.84. The average Bonchev–Trinajstić information content (AvgIpc) is 2.74. The minimum absolute atomic E-state index is 0.135. The number of hydrogen-bond acceptors (Lipinski definition) is 8. The fraction of sp³-hybridized carbons (Fsp3) is 0.636. The number of thioether (sulfide) groups is 1. The van der Waals surface area contributed by atoms with Gasteiger partial charge in [-0.25, -0.2) is 9.59 Å². The van der Waals surface area contributed by atoms with Crippen molar-refractivity contribution < 1.29 is 28.9 Å². The van der Waals surface area contributed by atoms with Crippen LogP contribution in [0.4, 0.5) is 0 Å². The van der Waals surface area contributed by atoms with E-state index in [4.69, 9.17) is 14.2 Å². The topological polar surface area (TPSA) is 82.1 Å². The van der Waals surface area contributed by atoms with Crippen molar-refractivity contribution >= 4 is 36.3 Å². The summed E-state index contributed by atoms with van der Waals surface area (Å²) in [6, 6.07) is 0. The van der Waals surface area contributed by atoms with Crippen LogP contribution in [0.25, 0.3) is 0 Å². The van der Waals surface area contributed by atoms with Gasteiger partial charge in [-0.2, -0.15) is 12.6 Å². The molecule has 0 bridgehead atoms. The normalized spacial score (nSPS) is 27.7. The number of thiol groups is 1. The molecule has 19 heavy (non-hydrogen) atoms. The van der Waals surface area contributed by atoms with Crippen LogP contribution in [-0.4, -0.2) is 46.5 Å². The number of aliphatic hydroxyl groups excluding tert-OH is 1. The predicted octanol–water partition coefficient (Wildman–Crippen LogP) is 0.457. The highest BCUT2D eigenvalue weighted by atomic mass is 32.2. The van der Waals surface area contributed by atoms with E-state index in [2.05, 4.69) is 12.6 Å². The standard InChI is InChI=1S/C11H14O6S2/c1-11(2)16-8(13)7(9(14)17-11)10-15-6(4-19-10)5(12)3-18/h5-6,12,18H,3-4H2,1-2H3/t5-,6+/m1/s1. The average molecular weight is 306 g/mol. The Balaban J connectivity index is 2.20. The molecule has 1 N–H and O–H groups in total. The summed E-state index contributed by atoms with van der Waals surface area (Å²) in [5.41, 5.74) is -0.252. The van der Waals surface area contributed by atoms with Gasteiger partial charge in [-0.1, -0.05) is 11.8 Å². The molecule has 2 rings (SSSR count). The first kappa shape index (κ1) is 14.5. The molecule has 8 heteroatoms. The third-order valence-electron chi connectivity index (χ3n) is 2.54. The Morgan fingerprint density at radius 1 is 1.42 bits per heavy atom. The highest BCUT2D eigenvalue weighted by molar-refractivity contribution is 8.03. The molecular formula is C11H14O6S2. The van der Waals surface area contributed by atoms with Crippen molar-refractivity contribution in [3.63, 3.8) is 0 Å². The molecule has 0 aliphatic carbocycles. The van der Waals surface area contributed by atoms with Gasteiger partial charge in [-0.15, -0.1) is 0 Å². The summed E-state index contributed by atoms with van der Waals surface area (Å²) in [5, 5.41) is 9.75. The lowest BCUT2D eigenvalue weighted by Gasteiger charge is -2.30. The highest BCUT2D eigenvalue weighted by Crippen LogP contribution is 2.36. The van der Waals surface area contributed by atoms with Gasteiger partial charge in [0.25, 0.3) is 5.79 Å². The first-order valence-electron chi connectivity index (χ1n) is 5.63. The van der Waals surface area contributed by atoms with Gasteiger partial charge in [0.15, 0.2) is 10.7 Å². The molecule has 0 radical (unpaired) electrons. The quantitative estimate of drug-likeness (QED) is 0.332. The maximum absolute atomic E-state index is 11.8. The van der Waals surface area contributed by atoms with Crippen LogP contribution in [0.1, 0.15) is 13.8 Å². The molecule has 2 aliphatic rings. The summed E-state index contributed by atoms with van der Waals surface area (Å²) in [7, 11) is 0. The Labute approximate surface area is 119 Å². The van der Waals surface area contributed by atoms with E-state index in [0.29, 0.717) is 5.75 Å². The van der Waals surface area contributed by atoms with Crippen molar-refractivity contribution in [3.05, 3.63) is 10.7 Å². The number of carbonyl (C=O) groups is 2. The van der Waals surface area contributed by atoms with Crippen LogP contribution in [-0.2, 0) is 23.8 Å². The Kier molecular flexibility index (Phi) is 4.03. The van der Waals surface area contributed by atoms with Gasteiger partial charge in [-0.05, 0) is 0 Å². The summed E-state index contributed by atoms with van der Waals surface area (Å²) in [5.74, 6) is -2.15. The maximum atomic E-state index is 11.8. The minimum Gasteiger partial charge on any atom is -0.479 e. The molecular weight excluding hydrogens is 292 g/mol. The van der Waals surface area contributed by atoms with Crippen LogP contribution in [0, 0.1) is 0 Å². The lowest BCUT2D eigenvalue weighted by molar-refractivity contribution is -0.222. The minimum atomic E-state index is -1.27. The van der Waals surface area contributed by atoms with Gasteiger partial charge in [-0.3, -0.25) is 0 Å². The second kappa shape index (κ2) is 5.26. The van der Waals surface area contributed by atoms with Crippen LogP contribution in [0.5, 0.6) is 0 Å². The van der Waals surface area contributed by atoms with Crippen LogP contribution in [0.2, 0.25) is 0 Å². The number of esters is 2. The monoisotopic (exact) mass is 306 g/mol. The zero-order chi connectivity index (χ0) is 14.2. The van der Waals surface area contributed by atoms with E-state index in [1.54, 1.807) is 0 Å². The van der Waals surface area contributed by atoms with E-state index in [1.165, 1.54) is 25.6 Å². The molecule has 0 aromatic rings. The molecule has 2 fully saturated rings. The Bertz CT molecular complexity index is 422. The Morgan fingerprint density at radius 3 is 2.53 bits per heavy atom. The predicted molar refractivity (Wildman–Crippen MR) is 70.5 cm³/mol. The van der Waals surface area contributed by atoms with E-state index < -0.39 is 29.9 Å². The fourth-order valence-corrected chi connectivity index (χ4v) is 2.96. The first-order valence-corrected chi connectivity index (χ1v) is 7.25. The summed E-state index contributed by atoms with van der Waals surface area (Å²) in [4.78, 5) is 23.6. The SMILES string of the molecule is CC1(C)OC(=O)C(=C2O[C@H]([C@H](O)CS)CS2)C(=O)O1. The Morgan fingerprint density at radius 2 is 2.00 bits per heavy atom. The van der Waals surface area contributed by atoms with Crippen LogP contribution < -0.4 is 0 Å². The number of ether oxygens (including phenoxy) is 3. The van der Waals surface area contributed by atoms with Gasteiger partial charge in [0.1, 0.15) is 12.2 Å². The fourth-order valence-electron chi connectivity index (χ4n) is 1.62. The molecule has 2 saturated heterocycles. The molecule has 106 valence electrons. The van der Waals surface area contributed by atoms with Crippen molar-refractivity contribution in [1.29, 1.82) is 0 Å². The number of hydrogen-bond donors (Lipinski definition) is 2.